The van der Waals surface area contributed by atoms with Gasteiger partial charge in [-0.05, 0) is 43.4 Å². The van der Waals surface area contributed by atoms with Gasteiger partial charge in [0.2, 0.25) is 11.8 Å². The molecule has 0 spiro atoms. The molecule has 25 heavy (non-hydrogen) atoms. The lowest BCUT2D eigenvalue weighted by molar-refractivity contribution is -0.133. The van der Waals surface area contributed by atoms with Crippen LogP contribution in [0.3, 0.4) is 0 Å². The van der Waals surface area contributed by atoms with Crippen molar-refractivity contribution in [1.82, 2.24) is 4.90 Å². The van der Waals surface area contributed by atoms with Gasteiger partial charge in [0.1, 0.15) is 11.6 Å². The summed E-state index contributed by atoms with van der Waals surface area (Å²) < 4.78 is 32.6. The monoisotopic (exact) mass is 352 g/mol. The first kappa shape index (κ1) is 17.8. The Hall–Kier alpha value is -2.02. The van der Waals surface area contributed by atoms with E-state index in [-0.39, 0.29) is 41.7 Å². The first-order valence-corrected chi connectivity index (χ1v) is 8.58. The lowest BCUT2D eigenvalue weighted by Crippen LogP contribution is -2.44. The van der Waals surface area contributed by atoms with Gasteiger partial charge in [0, 0.05) is 25.3 Å². The molecule has 136 valence electrons. The number of carbonyl (C=O) groups excluding carboxylic acids is 2. The Kier molecular flexibility index (Phi) is 5.32. The van der Waals surface area contributed by atoms with Crippen LogP contribution in [0.15, 0.2) is 18.2 Å². The quantitative estimate of drug-likeness (QED) is 0.895. The molecule has 3 rings (SSSR count). The maximum Gasteiger partial charge on any atom is 0.227 e. The second-order valence-electron chi connectivity index (χ2n) is 6.76. The average Bonchev–Trinajstić information content (AvgIpc) is 3.08. The van der Waals surface area contributed by atoms with Crippen molar-refractivity contribution < 1.29 is 23.1 Å². The van der Waals surface area contributed by atoms with Gasteiger partial charge in [-0.15, -0.1) is 0 Å². The highest BCUT2D eigenvalue weighted by molar-refractivity contribution is 5.79. The molecule has 0 unspecified atom stereocenters. The van der Waals surface area contributed by atoms with E-state index in [0.29, 0.717) is 39.0 Å². The molecule has 0 bridgehead atoms. The summed E-state index contributed by atoms with van der Waals surface area (Å²) in [5, 5.41) is 0. The number of nitrogens with two attached hydrogens (primary N) is 1. The van der Waals surface area contributed by atoms with Gasteiger partial charge in [0.25, 0.3) is 0 Å². The number of benzene rings is 1. The maximum absolute atomic E-state index is 13.7. The van der Waals surface area contributed by atoms with E-state index in [2.05, 4.69) is 0 Å². The van der Waals surface area contributed by atoms with Gasteiger partial charge < -0.3 is 15.4 Å². The van der Waals surface area contributed by atoms with Gasteiger partial charge in [-0.25, -0.2) is 8.78 Å². The highest BCUT2D eigenvalue weighted by Crippen LogP contribution is 2.33. The summed E-state index contributed by atoms with van der Waals surface area (Å²) in [7, 11) is 0. The molecule has 2 heterocycles. The molecule has 0 aromatic heterocycles. The van der Waals surface area contributed by atoms with Crippen molar-refractivity contribution in [2.75, 3.05) is 19.7 Å². The molecule has 2 N–H and O–H groups in total. The third kappa shape index (κ3) is 3.98. The van der Waals surface area contributed by atoms with E-state index in [0.717, 1.165) is 18.2 Å². The topological polar surface area (TPSA) is 72.6 Å². The molecule has 0 radical (unpaired) electrons. The van der Waals surface area contributed by atoms with Gasteiger partial charge in [-0.2, -0.15) is 0 Å². The number of rotatable bonds is 4. The number of carbonyl (C=O) groups is 2. The largest absolute Gasteiger partial charge is 0.377 e. The molecule has 2 atom stereocenters. The van der Waals surface area contributed by atoms with Crippen molar-refractivity contribution in [3.05, 3.63) is 35.4 Å². The zero-order chi connectivity index (χ0) is 18.0. The van der Waals surface area contributed by atoms with E-state index in [1.807, 2.05) is 0 Å². The molecule has 5 nitrogen and oxygen atoms in total. The van der Waals surface area contributed by atoms with Crippen LogP contribution in [-0.4, -0.2) is 42.5 Å². The molecule has 2 fully saturated rings. The molecule has 2 aliphatic rings. The van der Waals surface area contributed by atoms with Gasteiger partial charge in [0.05, 0.1) is 18.4 Å². The Bertz CT molecular complexity index is 660. The molecule has 2 saturated heterocycles. The number of primary amides is 1. The van der Waals surface area contributed by atoms with Crippen molar-refractivity contribution in [1.29, 1.82) is 0 Å². The molecule has 2 amide bonds. The van der Waals surface area contributed by atoms with Crippen molar-refractivity contribution >= 4 is 11.8 Å². The van der Waals surface area contributed by atoms with Gasteiger partial charge >= 0.3 is 0 Å². The molecule has 0 aliphatic carbocycles. The van der Waals surface area contributed by atoms with Crippen molar-refractivity contribution in [2.45, 2.75) is 31.8 Å². The predicted molar refractivity (Wildman–Crippen MR) is 86.4 cm³/mol. The van der Waals surface area contributed by atoms with Crippen LogP contribution in [0, 0.1) is 23.5 Å². The molecular formula is C18H22F2N2O3. The van der Waals surface area contributed by atoms with Crippen LogP contribution in [0.5, 0.6) is 0 Å². The number of ether oxygens (including phenoxy) is 1. The van der Waals surface area contributed by atoms with Crippen LogP contribution in [-0.2, 0) is 20.7 Å². The molecule has 7 heteroatoms. The van der Waals surface area contributed by atoms with Crippen LogP contribution in [0.4, 0.5) is 8.78 Å². The number of piperidine rings is 1. The smallest absolute Gasteiger partial charge is 0.227 e. The van der Waals surface area contributed by atoms with Crippen molar-refractivity contribution in [3.8, 4) is 0 Å². The predicted octanol–water partition coefficient (Wildman–Crippen LogP) is 1.64. The van der Waals surface area contributed by atoms with Gasteiger partial charge in [-0.1, -0.05) is 0 Å². The molecule has 1 aromatic rings. The third-order valence-corrected chi connectivity index (χ3v) is 5.21. The van der Waals surface area contributed by atoms with E-state index in [1.54, 1.807) is 4.90 Å². The lowest BCUT2D eigenvalue weighted by Gasteiger charge is -2.35. The minimum absolute atomic E-state index is 0.0695. The number of nitrogens with zero attached hydrogens (tertiary/aromatic N) is 1. The van der Waals surface area contributed by atoms with Crippen LogP contribution in [0.25, 0.3) is 0 Å². The standard InChI is InChI=1S/C18H22F2N2O3/c19-13-1-2-15(20)12(9-13)10-16(23)22-6-3-11(4-7-22)17-14(18(21)24)5-8-25-17/h1-2,9,11,14,17H,3-8,10H2,(H2,21,24)/t14-,17+/m0/s1. The summed E-state index contributed by atoms with van der Waals surface area (Å²) in [4.78, 5) is 25.5. The Morgan fingerprint density at radius 3 is 2.60 bits per heavy atom. The zero-order valence-electron chi connectivity index (χ0n) is 13.9. The van der Waals surface area contributed by atoms with E-state index in [9.17, 15) is 18.4 Å². The second kappa shape index (κ2) is 7.47. The number of halogens is 2. The zero-order valence-corrected chi connectivity index (χ0v) is 13.9. The van der Waals surface area contributed by atoms with Crippen molar-refractivity contribution in [3.63, 3.8) is 0 Å². The first-order valence-electron chi connectivity index (χ1n) is 8.58. The minimum Gasteiger partial charge on any atom is -0.377 e. The first-order chi connectivity index (χ1) is 12.0. The fourth-order valence-corrected chi connectivity index (χ4v) is 3.81. The fraction of sp³-hybridized carbons (Fsp3) is 0.556. The van der Waals surface area contributed by atoms with E-state index in [4.69, 9.17) is 10.5 Å². The summed E-state index contributed by atoms with van der Waals surface area (Å²) in [5.41, 5.74) is 5.50. The fourth-order valence-electron chi connectivity index (χ4n) is 3.81. The van der Waals surface area contributed by atoms with Crippen LogP contribution >= 0.6 is 0 Å². The van der Waals surface area contributed by atoms with Gasteiger partial charge in [-0.3, -0.25) is 9.59 Å². The minimum atomic E-state index is -0.576. The van der Waals surface area contributed by atoms with Crippen LogP contribution < -0.4 is 5.73 Å². The second-order valence-corrected chi connectivity index (χ2v) is 6.76. The summed E-state index contributed by atoms with van der Waals surface area (Å²) >= 11 is 0. The molecule has 2 aliphatic heterocycles. The highest BCUT2D eigenvalue weighted by Gasteiger charge is 2.39. The number of hydrogen-bond donors (Lipinski definition) is 1. The van der Waals surface area contributed by atoms with E-state index in [1.165, 1.54) is 0 Å². The number of hydrogen-bond acceptors (Lipinski definition) is 3. The SMILES string of the molecule is NC(=O)[C@H]1CCO[C@@H]1C1CCN(C(=O)Cc2cc(F)ccc2F)CC1. The summed E-state index contributed by atoms with van der Waals surface area (Å²) in [6.07, 6.45) is 1.75. The van der Waals surface area contributed by atoms with Crippen LogP contribution in [0.1, 0.15) is 24.8 Å². The van der Waals surface area contributed by atoms with E-state index < -0.39 is 11.6 Å². The lowest BCUT2D eigenvalue weighted by atomic mass is 9.84. The number of amides is 2. The Morgan fingerprint density at radius 2 is 1.92 bits per heavy atom. The number of likely N-dealkylation sites (tertiary alicyclic amines) is 1. The normalized spacial score (nSPS) is 24.5. The maximum atomic E-state index is 13.7. The molecule has 0 saturated carbocycles. The average molecular weight is 352 g/mol. The van der Waals surface area contributed by atoms with Gasteiger partial charge in [0.15, 0.2) is 0 Å². The van der Waals surface area contributed by atoms with E-state index >= 15 is 0 Å². The van der Waals surface area contributed by atoms with Crippen LogP contribution in [0.2, 0.25) is 0 Å². The third-order valence-electron chi connectivity index (χ3n) is 5.21. The molecule has 1 aromatic carbocycles. The summed E-state index contributed by atoms with van der Waals surface area (Å²) in [5.74, 6) is -1.75. The van der Waals surface area contributed by atoms with Crippen molar-refractivity contribution in [2.24, 2.45) is 17.6 Å². The Labute approximate surface area is 145 Å². The molecular weight excluding hydrogens is 330 g/mol. The Morgan fingerprint density at radius 1 is 1.20 bits per heavy atom. The Balaban J connectivity index is 1.56. The summed E-state index contributed by atoms with van der Waals surface area (Å²) in [6, 6.07) is 3.13. The summed E-state index contributed by atoms with van der Waals surface area (Å²) in [6.45, 7) is 1.58. The highest BCUT2D eigenvalue weighted by atomic mass is 19.1.